The normalized spacial score (nSPS) is 12.3. The van der Waals surface area contributed by atoms with Crippen molar-refractivity contribution in [2.75, 3.05) is 6.61 Å². The minimum Gasteiger partial charge on any atom is -0.486 e. The van der Waals surface area contributed by atoms with E-state index in [-0.39, 0.29) is 18.3 Å². The molecule has 0 saturated carbocycles. The Morgan fingerprint density at radius 2 is 1.88 bits per heavy atom. The predicted molar refractivity (Wildman–Crippen MR) is 73.6 cm³/mol. The van der Waals surface area contributed by atoms with Crippen LogP contribution in [0, 0.1) is 19.8 Å². The van der Waals surface area contributed by atoms with Gasteiger partial charge in [0.25, 0.3) is 0 Å². The highest BCUT2D eigenvalue weighted by Crippen LogP contribution is 2.26. The summed E-state index contributed by atoms with van der Waals surface area (Å²) in [6, 6.07) is 3.89. The molecule has 1 unspecified atom stereocenters. The molecule has 0 aromatic heterocycles. The Bertz CT molecular complexity index is 390. The number of benzene rings is 1. The highest BCUT2D eigenvalue weighted by Gasteiger charge is 2.11. The predicted octanol–water partition coefficient (Wildman–Crippen LogP) is 4.06. The minimum atomic E-state index is 0.0765. The fourth-order valence-electron chi connectivity index (χ4n) is 1.51. The molecule has 17 heavy (non-hydrogen) atoms. The van der Waals surface area contributed by atoms with Crippen LogP contribution in [0.1, 0.15) is 31.4 Å². The Labute approximate surface area is 111 Å². The molecule has 0 radical (unpaired) electrons. The smallest absolute Gasteiger partial charge is 0.172 e. The lowest BCUT2D eigenvalue weighted by molar-refractivity contribution is -0.124. The van der Waals surface area contributed by atoms with Gasteiger partial charge in [0.1, 0.15) is 12.4 Å². The molecule has 0 aliphatic rings. The first-order valence-corrected chi connectivity index (χ1v) is 6.67. The summed E-state index contributed by atoms with van der Waals surface area (Å²) >= 11 is 3.51. The lowest BCUT2D eigenvalue weighted by atomic mass is 10.0. The molecule has 3 heteroatoms. The Kier molecular flexibility index (Phi) is 5.19. The highest BCUT2D eigenvalue weighted by atomic mass is 79.9. The second-order valence-corrected chi connectivity index (χ2v) is 5.23. The number of carbonyl (C=O) groups excluding carboxylic acids is 1. The summed E-state index contributed by atoms with van der Waals surface area (Å²) in [6.45, 7) is 8.14. The Hall–Kier alpha value is -0.830. The van der Waals surface area contributed by atoms with Crippen molar-refractivity contribution in [3.8, 4) is 5.75 Å². The van der Waals surface area contributed by atoms with Crippen LogP contribution in [-0.4, -0.2) is 12.4 Å². The Morgan fingerprint density at radius 1 is 1.35 bits per heavy atom. The van der Waals surface area contributed by atoms with Gasteiger partial charge in [-0.05, 0) is 43.5 Å². The van der Waals surface area contributed by atoms with Gasteiger partial charge < -0.3 is 4.74 Å². The monoisotopic (exact) mass is 298 g/mol. The van der Waals surface area contributed by atoms with Crippen molar-refractivity contribution in [2.24, 2.45) is 5.92 Å². The molecular weight excluding hydrogens is 280 g/mol. The number of hydrogen-bond acceptors (Lipinski definition) is 2. The van der Waals surface area contributed by atoms with Crippen LogP contribution < -0.4 is 4.74 Å². The number of Topliss-reactive ketones (excluding diaryl/α,β-unsaturated/α-hetero) is 1. The molecular formula is C14H19BrO2. The zero-order valence-corrected chi connectivity index (χ0v) is 12.4. The highest BCUT2D eigenvalue weighted by molar-refractivity contribution is 9.10. The maximum atomic E-state index is 11.6. The third-order valence-corrected chi connectivity index (χ3v) is 4.20. The Balaban J connectivity index is 2.67. The molecule has 1 rings (SSSR count). The number of ketones is 1. The van der Waals surface area contributed by atoms with Crippen molar-refractivity contribution in [3.63, 3.8) is 0 Å². The number of aryl methyl sites for hydroxylation is 2. The second-order valence-electron chi connectivity index (χ2n) is 4.44. The molecule has 1 aromatic rings. The number of ether oxygens (including phenoxy) is 1. The van der Waals surface area contributed by atoms with E-state index < -0.39 is 0 Å². The summed E-state index contributed by atoms with van der Waals surface area (Å²) in [5.74, 6) is 0.998. The molecule has 1 atom stereocenters. The van der Waals surface area contributed by atoms with E-state index in [1.54, 1.807) is 0 Å². The van der Waals surface area contributed by atoms with Crippen molar-refractivity contribution in [1.29, 1.82) is 0 Å². The molecule has 0 fully saturated rings. The topological polar surface area (TPSA) is 26.3 Å². The third kappa shape index (κ3) is 3.84. The van der Waals surface area contributed by atoms with Crippen molar-refractivity contribution in [3.05, 3.63) is 27.7 Å². The van der Waals surface area contributed by atoms with Crippen LogP contribution in [-0.2, 0) is 4.79 Å². The maximum absolute atomic E-state index is 11.6. The van der Waals surface area contributed by atoms with E-state index in [1.807, 2.05) is 39.8 Å². The number of rotatable bonds is 5. The fraction of sp³-hybridized carbons (Fsp3) is 0.500. The van der Waals surface area contributed by atoms with Crippen LogP contribution in [0.2, 0.25) is 0 Å². The van der Waals surface area contributed by atoms with Crippen LogP contribution in [0.15, 0.2) is 16.6 Å². The van der Waals surface area contributed by atoms with Gasteiger partial charge in [0, 0.05) is 10.4 Å². The van der Waals surface area contributed by atoms with Gasteiger partial charge in [-0.3, -0.25) is 4.79 Å². The quantitative estimate of drug-likeness (QED) is 0.819. The molecule has 2 nitrogen and oxygen atoms in total. The summed E-state index contributed by atoms with van der Waals surface area (Å²) in [5.41, 5.74) is 2.24. The van der Waals surface area contributed by atoms with Gasteiger partial charge in [-0.25, -0.2) is 0 Å². The van der Waals surface area contributed by atoms with Gasteiger partial charge in [-0.2, -0.15) is 0 Å². The summed E-state index contributed by atoms with van der Waals surface area (Å²) < 4.78 is 6.63. The lowest BCUT2D eigenvalue weighted by Gasteiger charge is -2.11. The van der Waals surface area contributed by atoms with Gasteiger partial charge in [0.2, 0.25) is 0 Å². The first-order valence-electron chi connectivity index (χ1n) is 5.88. The van der Waals surface area contributed by atoms with E-state index in [0.29, 0.717) is 0 Å². The van der Waals surface area contributed by atoms with Crippen molar-refractivity contribution in [2.45, 2.75) is 34.1 Å². The van der Waals surface area contributed by atoms with E-state index in [2.05, 4.69) is 15.9 Å². The summed E-state index contributed by atoms with van der Waals surface area (Å²) in [6.07, 6.45) is 0.862. The standard InChI is InChI=1S/C14H19BrO2/c1-5-9(2)13(16)8-17-12-6-10(3)14(15)11(4)7-12/h6-7,9H,5,8H2,1-4H3. The average molecular weight is 299 g/mol. The fourth-order valence-corrected chi connectivity index (χ4v) is 1.74. The van der Waals surface area contributed by atoms with Gasteiger partial charge >= 0.3 is 0 Å². The summed E-state index contributed by atoms with van der Waals surface area (Å²) in [5, 5.41) is 0. The van der Waals surface area contributed by atoms with Gasteiger partial charge in [0.15, 0.2) is 5.78 Å². The molecule has 0 bridgehead atoms. The number of halogens is 1. The first-order chi connectivity index (χ1) is 7.95. The van der Waals surface area contributed by atoms with Crippen LogP contribution in [0.25, 0.3) is 0 Å². The van der Waals surface area contributed by atoms with E-state index in [0.717, 1.165) is 27.8 Å². The summed E-state index contributed by atoms with van der Waals surface area (Å²) in [4.78, 5) is 11.6. The van der Waals surface area contributed by atoms with E-state index in [4.69, 9.17) is 4.74 Å². The van der Waals surface area contributed by atoms with Crippen LogP contribution in [0.5, 0.6) is 5.75 Å². The molecule has 0 amide bonds. The largest absolute Gasteiger partial charge is 0.486 e. The van der Waals surface area contributed by atoms with Gasteiger partial charge in [-0.1, -0.05) is 29.8 Å². The zero-order chi connectivity index (χ0) is 13.0. The molecule has 0 aliphatic heterocycles. The number of hydrogen-bond donors (Lipinski definition) is 0. The number of carbonyl (C=O) groups is 1. The van der Waals surface area contributed by atoms with Crippen molar-refractivity contribution >= 4 is 21.7 Å². The second kappa shape index (κ2) is 6.20. The molecule has 0 heterocycles. The van der Waals surface area contributed by atoms with Gasteiger partial charge in [0.05, 0.1) is 0 Å². The zero-order valence-electron chi connectivity index (χ0n) is 10.8. The maximum Gasteiger partial charge on any atom is 0.172 e. The molecule has 0 saturated heterocycles. The van der Waals surface area contributed by atoms with Crippen LogP contribution in [0.3, 0.4) is 0 Å². The Morgan fingerprint density at radius 3 is 2.35 bits per heavy atom. The van der Waals surface area contributed by atoms with E-state index in [1.165, 1.54) is 0 Å². The summed E-state index contributed by atoms with van der Waals surface area (Å²) in [7, 11) is 0. The van der Waals surface area contributed by atoms with Crippen LogP contribution in [0.4, 0.5) is 0 Å². The van der Waals surface area contributed by atoms with E-state index in [9.17, 15) is 4.79 Å². The molecule has 0 N–H and O–H groups in total. The van der Waals surface area contributed by atoms with Crippen molar-refractivity contribution in [1.82, 2.24) is 0 Å². The third-order valence-electron chi connectivity index (χ3n) is 2.95. The van der Waals surface area contributed by atoms with E-state index >= 15 is 0 Å². The molecule has 94 valence electrons. The minimum absolute atomic E-state index is 0.0765. The average Bonchev–Trinajstić information content (AvgIpc) is 2.31. The molecule has 0 spiro atoms. The lowest BCUT2D eigenvalue weighted by Crippen LogP contribution is -2.18. The SMILES string of the molecule is CCC(C)C(=O)COc1cc(C)c(Br)c(C)c1. The first kappa shape index (κ1) is 14.2. The van der Waals surface area contributed by atoms with Gasteiger partial charge in [-0.15, -0.1) is 0 Å². The van der Waals surface area contributed by atoms with Crippen LogP contribution >= 0.6 is 15.9 Å². The molecule has 0 aliphatic carbocycles. The van der Waals surface area contributed by atoms with Crippen molar-refractivity contribution < 1.29 is 9.53 Å². The molecule has 1 aromatic carbocycles.